The van der Waals surface area contributed by atoms with Crippen LogP contribution in [-0.4, -0.2) is 9.96 Å². The lowest BCUT2D eigenvalue weighted by Gasteiger charge is -2.16. The van der Waals surface area contributed by atoms with Crippen LogP contribution in [0.2, 0.25) is 0 Å². The zero-order chi connectivity index (χ0) is 14.0. The Bertz CT molecular complexity index is 584. The van der Waals surface area contributed by atoms with E-state index < -0.39 is 10.8 Å². The Hall–Kier alpha value is -1.22. The van der Waals surface area contributed by atoms with Gasteiger partial charge < -0.3 is 0 Å². The van der Waals surface area contributed by atoms with Gasteiger partial charge in [0, 0.05) is 16.2 Å². The normalized spacial score (nSPS) is 17.4. The van der Waals surface area contributed by atoms with Crippen molar-refractivity contribution in [3.8, 4) is 0 Å². The molecule has 0 spiro atoms. The van der Waals surface area contributed by atoms with Gasteiger partial charge in [0.1, 0.15) is 5.83 Å². The minimum atomic E-state index is -0.999. The molecular weight excluding hydrogens is 259 g/mol. The van der Waals surface area contributed by atoms with E-state index in [0.29, 0.717) is 11.3 Å². The van der Waals surface area contributed by atoms with Crippen LogP contribution in [-0.2, 0) is 10.8 Å². The van der Waals surface area contributed by atoms with E-state index in [2.05, 4.69) is 0 Å². The van der Waals surface area contributed by atoms with Crippen LogP contribution in [0, 0.1) is 6.92 Å². The first-order valence-electron chi connectivity index (χ1n) is 6.59. The predicted molar refractivity (Wildman–Crippen MR) is 79.1 cm³/mol. The first-order chi connectivity index (χ1) is 9.04. The van der Waals surface area contributed by atoms with Gasteiger partial charge in [-0.2, -0.15) is 0 Å². The maximum Gasteiger partial charge on any atom is 0.129 e. The topological polar surface area (TPSA) is 17.1 Å². The third kappa shape index (κ3) is 2.86. The Morgan fingerprint density at radius 2 is 2.05 bits per heavy atom. The Balaban J connectivity index is 2.51. The molecule has 2 rings (SSSR count). The van der Waals surface area contributed by atoms with Gasteiger partial charge >= 0.3 is 0 Å². The van der Waals surface area contributed by atoms with Crippen LogP contribution < -0.4 is 0 Å². The van der Waals surface area contributed by atoms with Gasteiger partial charge in [0.15, 0.2) is 0 Å². The fourth-order valence-electron chi connectivity index (χ4n) is 2.29. The van der Waals surface area contributed by atoms with Crippen molar-refractivity contribution >= 4 is 16.4 Å². The minimum absolute atomic E-state index is 0.117. The van der Waals surface area contributed by atoms with E-state index in [0.717, 1.165) is 34.4 Å². The van der Waals surface area contributed by atoms with Crippen LogP contribution in [0.4, 0.5) is 4.39 Å². The van der Waals surface area contributed by atoms with Gasteiger partial charge in [-0.15, -0.1) is 0 Å². The van der Waals surface area contributed by atoms with Crippen molar-refractivity contribution in [1.82, 2.24) is 0 Å². The Morgan fingerprint density at radius 1 is 1.32 bits per heavy atom. The summed E-state index contributed by atoms with van der Waals surface area (Å²) in [4.78, 5) is 0.778. The average Bonchev–Trinajstić information content (AvgIpc) is 2.42. The molecular formula is C16H19FOS. The molecule has 1 aromatic rings. The lowest BCUT2D eigenvalue weighted by Crippen LogP contribution is -2.00. The zero-order valence-electron chi connectivity index (χ0n) is 11.6. The largest absolute Gasteiger partial charge is 0.254 e. The maximum absolute atomic E-state index is 14.3. The Morgan fingerprint density at radius 3 is 2.74 bits per heavy atom. The highest BCUT2D eigenvalue weighted by atomic mass is 32.2. The lowest BCUT2D eigenvalue weighted by molar-refractivity contribution is 0.644. The molecule has 0 bridgehead atoms. The van der Waals surface area contributed by atoms with Crippen LogP contribution >= 0.6 is 0 Å². The summed E-state index contributed by atoms with van der Waals surface area (Å²) in [5, 5.41) is 0. The molecule has 1 aromatic carbocycles. The van der Waals surface area contributed by atoms with E-state index in [4.69, 9.17) is 0 Å². The summed E-state index contributed by atoms with van der Waals surface area (Å²) in [7, 11) is -0.999. The van der Waals surface area contributed by atoms with Gasteiger partial charge in [-0.25, -0.2) is 4.39 Å². The molecule has 0 radical (unpaired) electrons. The predicted octanol–water partition coefficient (Wildman–Crippen LogP) is 4.54. The molecule has 1 aliphatic carbocycles. The number of halogens is 1. The van der Waals surface area contributed by atoms with E-state index in [-0.39, 0.29) is 5.83 Å². The molecule has 1 unspecified atom stereocenters. The van der Waals surface area contributed by atoms with Crippen molar-refractivity contribution in [3.63, 3.8) is 0 Å². The summed E-state index contributed by atoms with van der Waals surface area (Å²) < 4.78 is 26.1. The SMILES string of the molecule is CCS(=O)c1ccc(C)c(C2=CCCC(C)=C2F)c1. The van der Waals surface area contributed by atoms with Gasteiger partial charge in [0.05, 0.1) is 10.8 Å². The van der Waals surface area contributed by atoms with E-state index >= 15 is 0 Å². The van der Waals surface area contributed by atoms with Gasteiger partial charge in [-0.3, -0.25) is 4.21 Å². The second kappa shape index (κ2) is 5.83. The fourth-order valence-corrected chi connectivity index (χ4v) is 3.09. The van der Waals surface area contributed by atoms with Crippen molar-refractivity contribution in [3.05, 3.63) is 46.8 Å². The van der Waals surface area contributed by atoms with E-state index in [9.17, 15) is 8.60 Å². The number of aryl methyl sites for hydroxylation is 1. The van der Waals surface area contributed by atoms with Crippen LogP contribution in [0.5, 0.6) is 0 Å². The van der Waals surface area contributed by atoms with Gasteiger partial charge in [-0.1, -0.05) is 19.1 Å². The molecule has 19 heavy (non-hydrogen) atoms. The Labute approximate surface area is 116 Å². The molecule has 1 nitrogen and oxygen atoms in total. The molecule has 0 aliphatic heterocycles. The van der Waals surface area contributed by atoms with Crippen LogP contribution in [0.15, 0.2) is 40.6 Å². The summed E-state index contributed by atoms with van der Waals surface area (Å²) in [5.74, 6) is 0.465. The van der Waals surface area contributed by atoms with Gasteiger partial charge in [-0.05, 0) is 55.5 Å². The van der Waals surface area contributed by atoms with Gasteiger partial charge in [0.2, 0.25) is 0 Å². The second-order valence-electron chi connectivity index (χ2n) is 4.86. The number of hydrogen-bond donors (Lipinski definition) is 0. The van der Waals surface area contributed by atoms with Crippen molar-refractivity contribution in [2.24, 2.45) is 0 Å². The highest BCUT2D eigenvalue weighted by Gasteiger charge is 2.17. The van der Waals surface area contributed by atoms with Crippen LogP contribution in [0.1, 0.15) is 37.8 Å². The molecule has 0 saturated carbocycles. The average molecular weight is 278 g/mol. The monoisotopic (exact) mass is 278 g/mol. The summed E-state index contributed by atoms with van der Waals surface area (Å²) in [6, 6.07) is 5.67. The molecule has 0 saturated heterocycles. The Kier molecular flexibility index (Phi) is 4.35. The van der Waals surface area contributed by atoms with Gasteiger partial charge in [0.25, 0.3) is 0 Å². The highest BCUT2D eigenvalue weighted by Crippen LogP contribution is 2.35. The first kappa shape index (κ1) is 14.2. The first-order valence-corrected chi connectivity index (χ1v) is 7.91. The van der Waals surface area contributed by atoms with Crippen molar-refractivity contribution in [1.29, 1.82) is 0 Å². The number of rotatable bonds is 3. The van der Waals surface area contributed by atoms with E-state index in [1.807, 2.05) is 45.0 Å². The molecule has 3 heteroatoms. The molecule has 0 heterocycles. The quantitative estimate of drug-likeness (QED) is 0.793. The smallest absolute Gasteiger partial charge is 0.129 e. The van der Waals surface area contributed by atoms with Crippen molar-refractivity contribution in [2.45, 2.75) is 38.5 Å². The summed E-state index contributed by atoms with van der Waals surface area (Å²) in [5.41, 5.74) is 3.36. The maximum atomic E-state index is 14.3. The fraction of sp³-hybridized carbons (Fsp3) is 0.375. The summed E-state index contributed by atoms with van der Waals surface area (Å²) in [6.45, 7) is 5.69. The molecule has 0 N–H and O–H groups in total. The van der Waals surface area contributed by atoms with E-state index in [1.165, 1.54) is 0 Å². The van der Waals surface area contributed by atoms with E-state index in [1.54, 1.807) is 0 Å². The third-order valence-electron chi connectivity index (χ3n) is 3.50. The molecule has 102 valence electrons. The second-order valence-corrected chi connectivity index (χ2v) is 6.60. The van der Waals surface area contributed by atoms with Crippen molar-refractivity contribution < 1.29 is 8.60 Å². The molecule has 1 aliphatic rings. The summed E-state index contributed by atoms with van der Waals surface area (Å²) >= 11 is 0. The number of allylic oxidation sites excluding steroid dienone is 4. The number of hydrogen-bond acceptors (Lipinski definition) is 1. The summed E-state index contributed by atoms with van der Waals surface area (Å²) in [6.07, 6.45) is 3.60. The van der Waals surface area contributed by atoms with Crippen LogP contribution in [0.25, 0.3) is 5.57 Å². The highest BCUT2D eigenvalue weighted by molar-refractivity contribution is 7.85. The third-order valence-corrected chi connectivity index (χ3v) is 4.81. The standard InChI is InChI=1S/C16H19FOS/c1-4-19(18)13-9-8-11(2)15(10-13)14-7-5-6-12(3)16(14)17/h7-10H,4-6H2,1-3H3. The van der Waals surface area contributed by atoms with Crippen LogP contribution in [0.3, 0.4) is 0 Å². The minimum Gasteiger partial charge on any atom is -0.254 e. The molecule has 1 atom stereocenters. The lowest BCUT2D eigenvalue weighted by atomic mass is 9.92. The molecule has 0 amide bonds. The van der Waals surface area contributed by atoms with Crippen molar-refractivity contribution in [2.75, 3.05) is 5.75 Å². The molecule has 0 aromatic heterocycles. The molecule has 0 fully saturated rings. The number of benzene rings is 1. The zero-order valence-corrected chi connectivity index (χ0v) is 12.4.